The van der Waals surface area contributed by atoms with Crippen LogP contribution in [-0.2, 0) is 9.59 Å². The Kier molecular flexibility index (Phi) is 2.63. The van der Waals surface area contributed by atoms with E-state index >= 15 is 0 Å². The smallest absolute Gasteiger partial charge is 0.226 e. The van der Waals surface area contributed by atoms with Crippen LogP contribution in [0.1, 0.15) is 12.8 Å². The lowest BCUT2D eigenvalue weighted by atomic mass is 9.70. The highest BCUT2D eigenvalue weighted by molar-refractivity contribution is 6.42. The molecule has 0 radical (unpaired) electrons. The van der Waals surface area contributed by atoms with Gasteiger partial charge in [-0.1, -0.05) is 6.08 Å². The molecule has 96 valence electrons. The van der Waals surface area contributed by atoms with Crippen molar-refractivity contribution in [2.45, 2.75) is 24.9 Å². The molecular weight excluding hydrogens is 228 g/mol. The van der Waals surface area contributed by atoms with E-state index in [0.717, 1.165) is 25.0 Å². The molecule has 1 saturated heterocycles. The van der Waals surface area contributed by atoms with Gasteiger partial charge in [-0.25, -0.2) is 0 Å². The summed E-state index contributed by atoms with van der Waals surface area (Å²) in [5, 5.41) is 0. The molecule has 2 heterocycles. The lowest BCUT2D eigenvalue weighted by Crippen LogP contribution is -2.60. The number of rotatable bonds is 0. The second kappa shape index (κ2) is 4.05. The van der Waals surface area contributed by atoms with Gasteiger partial charge < -0.3 is 4.90 Å². The summed E-state index contributed by atoms with van der Waals surface area (Å²) in [6.07, 6.45) is 7.98. The molecule has 0 N–H and O–H groups in total. The molecule has 3 rings (SSSR count). The lowest BCUT2D eigenvalue weighted by Gasteiger charge is -2.46. The summed E-state index contributed by atoms with van der Waals surface area (Å²) in [5.74, 6) is -0.235. The van der Waals surface area contributed by atoms with E-state index in [2.05, 4.69) is 0 Å². The second-order valence-electron chi connectivity index (χ2n) is 5.48. The van der Waals surface area contributed by atoms with E-state index in [1.54, 1.807) is 0 Å². The molecule has 3 aliphatic rings. The van der Waals surface area contributed by atoms with E-state index in [1.165, 1.54) is 0 Å². The number of allylic oxidation sites excluding steroid dienone is 2. The standard InChI is InChI=1S/C14H18N2O2/c1-15-7-3-5-9-10-6-4-8-16(2)12(10)14(18)13(17)11(9)15/h3,5,7,10-12H,4,6,8H2,1-2H3. The van der Waals surface area contributed by atoms with Gasteiger partial charge in [0.2, 0.25) is 11.6 Å². The number of carbonyl (C=O) groups is 2. The third-order valence-corrected chi connectivity index (χ3v) is 4.40. The van der Waals surface area contributed by atoms with E-state index < -0.39 is 0 Å². The molecular formula is C14H18N2O2. The molecule has 3 unspecified atom stereocenters. The largest absolute Gasteiger partial charge is 0.367 e. The van der Waals surface area contributed by atoms with Crippen LogP contribution in [0.4, 0.5) is 0 Å². The Hall–Kier alpha value is -1.42. The van der Waals surface area contributed by atoms with Gasteiger partial charge in [-0.3, -0.25) is 14.5 Å². The fraction of sp³-hybridized carbons (Fsp3) is 0.571. The van der Waals surface area contributed by atoms with Gasteiger partial charge in [0, 0.05) is 13.0 Å². The SMILES string of the molecule is CN1C=CC=C2C3CCCN(C)C3C(=O)C(=O)C21. The van der Waals surface area contributed by atoms with E-state index in [0.29, 0.717) is 0 Å². The molecule has 4 heteroatoms. The molecule has 1 saturated carbocycles. The topological polar surface area (TPSA) is 40.6 Å². The van der Waals surface area contributed by atoms with Gasteiger partial charge in [-0.15, -0.1) is 0 Å². The van der Waals surface area contributed by atoms with Crippen molar-refractivity contribution in [1.82, 2.24) is 9.80 Å². The van der Waals surface area contributed by atoms with Crippen LogP contribution in [0.2, 0.25) is 0 Å². The van der Waals surface area contributed by atoms with E-state index in [9.17, 15) is 9.59 Å². The number of fused-ring (bicyclic) bond motifs is 3. The summed E-state index contributed by atoms with van der Waals surface area (Å²) >= 11 is 0. The number of Topliss-reactive ketones (excluding diaryl/α,β-unsaturated/α-hetero) is 2. The predicted octanol–water partition coefficient (Wildman–Crippen LogP) is 0.603. The highest BCUT2D eigenvalue weighted by Gasteiger charge is 2.50. The van der Waals surface area contributed by atoms with Crippen LogP contribution in [0.5, 0.6) is 0 Å². The third-order valence-electron chi connectivity index (χ3n) is 4.40. The van der Waals surface area contributed by atoms with E-state index in [1.807, 2.05) is 42.2 Å². The maximum absolute atomic E-state index is 12.3. The second-order valence-corrected chi connectivity index (χ2v) is 5.48. The zero-order chi connectivity index (χ0) is 12.9. The average Bonchev–Trinajstić information content (AvgIpc) is 2.35. The third kappa shape index (κ3) is 1.48. The minimum Gasteiger partial charge on any atom is -0.367 e. The Morgan fingerprint density at radius 2 is 2.00 bits per heavy atom. The fourth-order valence-corrected chi connectivity index (χ4v) is 3.54. The van der Waals surface area contributed by atoms with Gasteiger partial charge in [0.15, 0.2) is 0 Å². The van der Waals surface area contributed by atoms with E-state index in [-0.39, 0.29) is 29.6 Å². The Balaban J connectivity index is 2.05. The van der Waals surface area contributed by atoms with Crippen molar-refractivity contribution in [2.24, 2.45) is 5.92 Å². The Labute approximate surface area is 107 Å². The zero-order valence-electron chi connectivity index (χ0n) is 10.8. The molecule has 18 heavy (non-hydrogen) atoms. The van der Waals surface area contributed by atoms with Gasteiger partial charge in [0.25, 0.3) is 0 Å². The predicted molar refractivity (Wildman–Crippen MR) is 67.9 cm³/mol. The molecule has 0 spiro atoms. The highest BCUT2D eigenvalue weighted by Crippen LogP contribution is 2.38. The zero-order valence-corrected chi connectivity index (χ0v) is 10.8. The van der Waals surface area contributed by atoms with Gasteiger partial charge >= 0.3 is 0 Å². The number of likely N-dealkylation sites (N-methyl/N-ethyl adjacent to an activating group) is 2. The number of likely N-dealkylation sites (tertiary alicyclic amines) is 1. The monoisotopic (exact) mass is 246 g/mol. The molecule has 0 aromatic carbocycles. The number of hydrogen-bond donors (Lipinski definition) is 0. The Morgan fingerprint density at radius 3 is 2.78 bits per heavy atom. The first-order valence-electron chi connectivity index (χ1n) is 6.50. The highest BCUT2D eigenvalue weighted by atomic mass is 16.2. The molecule has 1 aliphatic carbocycles. The summed E-state index contributed by atoms with van der Waals surface area (Å²) in [4.78, 5) is 28.5. The molecule has 0 bridgehead atoms. The summed E-state index contributed by atoms with van der Waals surface area (Å²) < 4.78 is 0. The molecule has 4 nitrogen and oxygen atoms in total. The number of nitrogens with zero attached hydrogens (tertiary/aromatic N) is 2. The minimum atomic E-state index is -0.352. The van der Waals surface area contributed by atoms with E-state index in [4.69, 9.17) is 0 Å². The van der Waals surface area contributed by atoms with Gasteiger partial charge in [-0.2, -0.15) is 0 Å². The van der Waals surface area contributed by atoms with Crippen molar-refractivity contribution in [3.05, 3.63) is 23.9 Å². The lowest BCUT2D eigenvalue weighted by molar-refractivity contribution is -0.145. The summed E-state index contributed by atoms with van der Waals surface area (Å²) in [7, 11) is 3.82. The van der Waals surface area contributed by atoms with Crippen molar-refractivity contribution in [1.29, 1.82) is 0 Å². The normalized spacial score (nSPS) is 36.2. The van der Waals surface area contributed by atoms with Crippen LogP contribution in [0.3, 0.4) is 0 Å². The number of carbonyl (C=O) groups excluding carboxylic acids is 2. The molecule has 3 atom stereocenters. The molecule has 0 aromatic heterocycles. The van der Waals surface area contributed by atoms with Crippen molar-refractivity contribution in [3.8, 4) is 0 Å². The van der Waals surface area contributed by atoms with Crippen LogP contribution in [0.25, 0.3) is 0 Å². The molecule has 0 aromatic rings. The van der Waals surface area contributed by atoms with Crippen LogP contribution in [0, 0.1) is 5.92 Å². The van der Waals surface area contributed by atoms with Crippen molar-refractivity contribution in [2.75, 3.05) is 20.6 Å². The maximum Gasteiger partial charge on any atom is 0.226 e. The number of hydrogen-bond acceptors (Lipinski definition) is 4. The summed E-state index contributed by atoms with van der Waals surface area (Å²) in [6, 6.07) is -0.580. The van der Waals surface area contributed by atoms with Crippen LogP contribution in [-0.4, -0.2) is 54.1 Å². The first-order valence-corrected chi connectivity index (χ1v) is 6.50. The van der Waals surface area contributed by atoms with Gasteiger partial charge in [-0.05, 0) is 44.3 Å². The van der Waals surface area contributed by atoms with Crippen molar-refractivity contribution >= 4 is 11.6 Å². The summed E-state index contributed by atoms with van der Waals surface area (Å²) in [6.45, 7) is 0.907. The van der Waals surface area contributed by atoms with Gasteiger partial charge in [0.1, 0.15) is 6.04 Å². The van der Waals surface area contributed by atoms with Crippen molar-refractivity contribution in [3.63, 3.8) is 0 Å². The summed E-state index contributed by atoms with van der Waals surface area (Å²) in [5.41, 5.74) is 1.13. The quantitative estimate of drug-likeness (QED) is 0.587. The van der Waals surface area contributed by atoms with Crippen LogP contribution in [0.15, 0.2) is 23.9 Å². The number of ketones is 2. The molecule has 2 aliphatic heterocycles. The first kappa shape index (κ1) is 11.7. The Morgan fingerprint density at radius 1 is 1.22 bits per heavy atom. The number of piperidine rings is 1. The Bertz CT molecular complexity index is 466. The minimum absolute atomic E-state index is 0.202. The molecule has 0 amide bonds. The fourth-order valence-electron chi connectivity index (χ4n) is 3.54. The van der Waals surface area contributed by atoms with Crippen LogP contribution >= 0.6 is 0 Å². The maximum atomic E-state index is 12.3. The average molecular weight is 246 g/mol. The first-order chi connectivity index (χ1) is 8.61. The van der Waals surface area contributed by atoms with Gasteiger partial charge in [0.05, 0.1) is 6.04 Å². The van der Waals surface area contributed by atoms with Crippen molar-refractivity contribution < 1.29 is 9.59 Å². The van der Waals surface area contributed by atoms with Crippen LogP contribution < -0.4 is 0 Å². The molecule has 2 fully saturated rings.